The summed E-state index contributed by atoms with van der Waals surface area (Å²) in [4.78, 5) is 14.0. The van der Waals surface area contributed by atoms with Gasteiger partial charge in [0.05, 0.1) is 0 Å². The summed E-state index contributed by atoms with van der Waals surface area (Å²) in [6, 6.07) is 8.28. The van der Waals surface area contributed by atoms with Gasteiger partial charge in [-0.2, -0.15) is 0 Å². The van der Waals surface area contributed by atoms with Crippen LogP contribution in [0.2, 0.25) is 0 Å². The van der Waals surface area contributed by atoms with Crippen molar-refractivity contribution in [1.29, 1.82) is 0 Å². The highest BCUT2D eigenvalue weighted by Crippen LogP contribution is 2.28. The molecule has 0 N–H and O–H groups in total. The Balaban J connectivity index is 2.35. The van der Waals surface area contributed by atoms with Crippen LogP contribution in [0.1, 0.15) is 45.9 Å². The Morgan fingerprint density at radius 1 is 1.26 bits per heavy atom. The van der Waals surface area contributed by atoms with E-state index in [9.17, 15) is 4.79 Å². The van der Waals surface area contributed by atoms with E-state index in [1.54, 1.807) is 11.0 Å². The van der Waals surface area contributed by atoms with E-state index in [4.69, 9.17) is 4.42 Å². The van der Waals surface area contributed by atoms with Crippen LogP contribution in [0.15, 0.2) is 34.8 Å². The van der Waals surface area contributed by atoms with Crippen molar-refractivity contribution in [3.63, 3.8) is 0 Å². The van der Waals surface area contributed by atoms with Crippen molar-refractivity contribution in [2.24, 2.45) is 5.92 Å². The standard InChI is InChI=1S/C20H27NO2/c1-6-21(7-2)19(22)12-15(5)18-13-17-10-8-9-16(11-14(3)4)20(17)23-18/h8-10,12-14H,6-7,11H2,1-5H3/b15-12-. The number of likely N-dealkylation sites (N-methyl/N-ethyl adjacent to an activating group) is 1. The van der Waals surface area contributed by atoms with Crippen LogP contribution >= 0.6 is 0 Å². The number of furan rings is 1. The molecule has 1 heterocycles. The van der Waals surface area contributed by atoms with Gasteiger partial charge in [-0.25, -0.2) is 0 Å². The van der Waals surface area contributed by atoms with Crippen LogP contribution in [0.25, 0.3) is 16.5 Å². The molecule has 2 rings (SSSR count). The molecule has 0 saturated carbocycles. The van der Waals surface area contributed by atoms with Crippen LogP contribution in [0.5, 0.6) is 0 Å². The first-order valence-corrected chi connectivity index (χ1v) is 8.45. The normalized spacial score (nSPS) is 12.2. The molecule has 1 aromatic heterocycles. The third-order valence-corrected chi connectivity index (χ3v) is 4.06. The van der Waals surface area contributed by atoms with Crippen LogP contribution in [0.4, 0.5) is 0 Å². The van der Waals surface area contributed by atoms with Crippen molar-refractivity contribution in [1.82, 2.24) is 4.90 Å². The van der Waals surface area contributed by atoms with Crippen molar-refractivity contribution in [2.75, 3.05) is 13.1 Å². The molecule has 0 aliphatic rings. The number of carbonyl (C=O) groups excluding carboxylic acids is 1. The number of benzene rings is 1. The van der Waals surface area contributed by atoms with Gasteiger partial charge >= 0.3 is 0 Å². The predicted octanol–water partition coefficient (Wildman–Crippen LogP) is 4.90. The zero-order valence-corrected chi connectivity index (χ0v) is 14.8. The topological polar surface area (TPSA) is 33.5 Å². The summed E-state index contributed by atoms with van der Waals surface area (Å²) in [6.07, 6.45) is 2.66. The number of fused-ring (bicyclic) bond motifs is 1. The van der Waals surface area contributed by atoms with Crippen LogP contribution in [-0.2, 0) is 11.2 Å². The minimum absolute atomic E-state index is 0.0374. The average Bonchev–Trinajstić information content (AvgIpc) is 2.93. The molecule has 124 valence electrons. The van der Waals surface area contributed by atoms with E-state index in [0.717, 1.165) is 41.8 Å². The number of rotatable bonds is 6. The summed E-state index contributed by atoms with van der Waals surface area (Å²) in [5.41, 5.74) is 3.04. The van der Waals surface area contributed by atoms with Crippen molar-refractivity contribution in [2.45, 2.75) is 41.0 Å². The third-order valence-electron chi connectivity index (χ3n) is 4.06. The van der Waals surface area contributed by atoms with E-state index in [-0.39, 0.29) is 5.91 Å². The minimum Gasteiger partial charge on any atom is -0.456 e. The van der Waals surface area contributed by atoms with Gasteiger partial charge in [-0.3, -0.25) is 4.79 Å². The molecular formula is C20H27NO2. The lowest BCUT2D eigenvalue weighted by molar-refractivity contribution is -0.125. The molecule has 0 unspecified atom stereocenters. The van der Waals surface area contributed by atoms with E-state index in [1.807, 2.05) is 26.8 Å². The minimum atomic E-state index is 0.0374. The largest absolute Gasteiger partial charge is 0.456 e. The molecule has 1 aromatic carbocycles. The first-order chi connectivity index (χ1) is 11.0. The number of allylic oxidation sites excluding steroid dienone is 1. The quantitative estimate of drug-likeness (QED) is 0.710. The lowest BCUT2D eigenvalue weighted by atomic mass is 10.0. The second-order valence-corrected chi connectivity index (χ2v) is 6.38. The summed E-state index contributed by atoms with van der Waals surface area (Å²) < 4.78 is 6.07. The van der Waals surface area contributed by atoms with Crippen LogP contribution < -0.4 is 0 Å². The van der Waals surface area contributed by atoms with E-state index in [2.05, 4.69) is 32.0 Å². The maximum absolute atomic E-state index is 12.2. The van der Waals surface area contributed by atoms with Crippen LogP contribution in [-0.4, -0.2) is 23.9 Å². The van der Waals surface area contributed by atoms with Gasteiger partial charge in [0.15, 0.2) is 0 Å². The summed E-state index contributed by atoms with van der Waals surface area (Å²) in [6.45, 7) is 11.8. The van der Waals surface area contributed by atoms with Gasteiger partial charge in [-0.1, -0.05) is 32.0 Å². The van der Waals surface area contributed by atoms with Crippen molar-refractivity contribution >= 4 is 22.4 Å². The Hall–Kier alpha value is -2.03. The molecule has 0 fully saturated rings. The molecule has 1 amide bonds. The zero-order chi connectivity index (χ0) is 17.0. The highest BCUT2D eigenvalue weighted by molar-refractivity contribution is 5.95. The fourth-order valence-electron chi connectivity index (χ4n) is 2.80. The number of amides is 1. The van der Waals surface area contributed by atoms with E-state index < -0.39 is 0 Å². The summed E-state index contributed by atoms with van der Waals surface area (Å²) >= 11 is 0. The van der Waals surface area contributed by atoms with Gasteiger partial charge < -0.3 is 9.32 Å². The fraction of sp³-hybridized carbons (Fsp3) is 0.450. The second-order valence-electron chi connectivity index (χ2n) is 6.38. The molecule has 0 saturated heterocycles. The fourth-order valence-corrected chi connectivity index (χ4v) is 2.80. The summed E-state index contributed by atoms with van der Waals surface area (Å²) in [7, 11) is 0. The Morgan fingerprint density at radius 3 is 2.57 bits per heavy atom. The summed E-state index contributed by atoms with van der Waals surface area (Å²) in [5, 5.41) is 1.10. The molecule has 23 heavy (non-hydrogen) atoms. The lowest BCUT2D eigenvalue weighted by Crippen LogP contribution is -2.28. The molecule has 2 aromatic rings. The number of hydrogen-bond donors (Lipinski definition) is 0. The molecule has 3 nitrogen and oxygen atoms in total. The Kier molecular flexibility index (Phi) is 5.64. The zero-order valence-electron chi connectivity index (χ0n) is 14.8. The average molecular weight is 313 g/mol. The van der Waals surface area contributed by atoms with Crippen molar-refractivity contribution < 1.29 is 9.21 Å². The molecule has 0 aliphatic carbocycles. The molecule has 0 spiro atoms. The summed E-state index contributed by atoms with van der Waals surface area (Å²) in [5.74, 6) is 1.39. The van der Waals surface area contributed by atoms with Gasteiger partial charge in [0, 0.05) is 24.6 Å². The van der Waals surface area contributed by atoms with Gasteiger partial charge in [0.2, 0.25) is 5.91 Å². The molecule has 0 aliphatic heterocycles. The molecular weight excluding hydrogens is 286 g/mol. The highest BCUT2D eigenvalue weighted by atomic mass is 16.3. The third kappa shape index (κ3) is 4.04. The predicted molar refractivity (Wildman–Crippen MR) is 96.3 cm³/mol. The van der Waals surface area contributed by atoms with Gasteiger partial charge in [0.25, 0.3) is 0 Å². The number of carbonyl (C=O) groups is 1. The lowest BCUT2D eigenvalue weighted by Gasteiger charge is -2.16. The van der Waals surface area contributed by atoms with Crippen molar-refractivity contribution in [3.05, 3.63) is 41.7 Å². The van der Waals surface area contributed by atoms with E-state index in [0.29, 0.717) is 5.92 Å². The Bertz CT molecular complexity index is 706. The van der Waals surface area contributed by atoms with Crippen molar-refractivity contribution in [3.8, 4) is 0 Å². The maximum atomic E-state index is 12.2. The molecule has 3 heteroatoms. The number of nitrogens with zero attached hydrogens (tertiary/aromatic N) is 1. The second kappa shape index (κ2) is 7.49. The van der Waals surface area contributed by atoms with Crippen LogP contribution in [0.3, 0.4) is 0 Å². The number of para-hydroxylation sites is 1. The molecule has 0 atom stereocenters. The Morgan fingerprint density at radius 2 is 1.96 bits per heavy atom. The van der Waals surface area contributed by atoms with Gasteiger partial charge in [-0.15, -0.1) is 0 Å². The molecule has 0 radical (unpaired) electrons. The van der Waals surface area contributed by atoms with Crippen LogP contribution in [0, 0.1) is 5.92 Å². The number of hydrogen-bond acceptors (Lipinski definition) is 2. The van der Waals surface area contributed by atoms with E-state index >= 15 is 0 Å². The highest BCUT2D eigenvalue weighted by Gasteiger charge is 2.13. The van der Waals surface area contributed by atoms with Gasteiger partial charge in [-0.05, 0) is 50.3 Å². The first-order valence-electron chi connectivity index (χ1n) is 8.45. The first kappa shape index (κ1) is 17.3. The Labute approximate surface area is 139 Å². The molecule has 0 bridgehead atoms. The SMILES string of the molecule is CCN(CC)C(=O)/C=C(/C)c1cc2cccc(CC(C)C)c2o1. The smallest absolute Gasteiger partial charge is 0.246 e. The maximum Gasteiger partial charge on any atom is 0.246 e. The van der Waals surface area contributed by atoms with Gasteiger partial charge in [0.1, 0.15) is 11.3 Å². The monoisotopic (exact) mass is 313 g/mol. The van der Waals surface area contributed by atoms with E-state index in [1.165, 1.54) is 5.56 Å².